The maximum absolute atomic E-state index is 12.7. The van der Waals surface area contributed by atoms with Gasteiger partial charge in [-0.2, -0.15) is 0 Å². The first kappa shape index (κ1) is 23.2. The van der Waals surface area contributed by atoms with Gasteiger partial charge in [0.15, 0.2) is 0 Å². The van der Waals surface area contributed by atoms with Crippen LogP contribution in [0.15, 0.2) is 72.8 Å². The number of methoxy groups -OCH3 is 1. The van der Waals surface area contributed by atoms with Crippen molar-refractivity contribution in [2.24, 2.45) is 0 Å². The number of piperazine rings is 1. The van der Waals surface area contributed by atoms with Gasteiger partial charge < -0.3 is 25.2 Å². The molecule has 7 nitrogen and oxygen atoms in total. The van der Waals surface area contributed by atoms with E-state index < -0.39 is 0 Å². The molecule has 176 valence electrons. The molecule has 0 spiro atoms. The van der Waals surface area contributed by atoms with Gasteiger partial charge in [0.25, 0.3) is 0 Å². The number of carbonyl (C=O) groups excluding carboxylic acids is 2. The molecule has 0 aliphatic carbocycles. The third kappa shape index (κ3) is 6.07. The van der Waals surface area contributed by atoms with Gasteiger partial charge in [-0.25, -0.2) is 4.79 Å². The minimum absolute atomic E-state index is 0.143. The Labute approximate surface area is 200 Å². The molecule has 3 aromatic carbocycles. The molecule has 3 aromatic rings. The molecule has 1 aliphatic heterocycles. The summed E-state index contributed by atoms with van der Waals surface area (Å²) < 4.78 is 5.17. The summed E-state index contributed by atoms with van der Waals surface area (Å²) >= 11 is 0. The maximum Gasteiger partial charge on any atom is 0.323 e. The van der Waals surface area contributed by atoms with Crippen molar-refractivity contribution in [2.75, 3.05) is 48.8 Å². The van der Waals surface area contributed by atoms with E-state index in [-0.39, 0.29) is 11.9 Å². The second-order valence-corrected chi connectivity index (χ2v) is 8.39. The summed E-state index contributed by atoms with van der Waals surface area (Å²) in [4.78, 5) is 29.1. The minimum atomic E-state index is -0.276. The summed E-state index contributed by atoms with van der Waals surface area (Å²) in [6.07, 6.45) is 0.398. The number of benzene rings is 3. The average molecular weight is 459 g/mol. The predicted octanol–water partition coefficient (Wildman–Crippen LogP) is 4.54. The fraction of sp³-hybridized carbons (Fsp3) is 0.259. The van der Waals surface area contributed by atoms with E-state index >= 15 is 0 Å². The van der Waals surface area contributed by atoms with E-state index in [0.29, 0.717) is 19.5 Å². The number of hydrogen-bond acceptors (Lipinski definition) is 4. The molecule has 2 N–H and O–H groups in total. The smallest absolute Gasteiger partial charge is 0.323 e. The van der Waals surface area contributed by atoms with Crippen molar-refractivity contribution in [3.05, 3.63) is 83.9 Å². The van der Waals surface area contributed by atoms with Crippen LogP contribution in [0.4, 0.5) is 21.9 Å². The first-order valence-corrected chi connectivity index (χ1v) is 11.4. The summed E-state index contributed by atoms with van der Waals surface area (Å²) in [5.74, 6) is 0.932. The summed E-state index contributed by atoms with van der Waals surface area (Å²) in [5.41, 5.74) is 4.63. The van der Waals surface area contributed by atoms with Crippen molar-refractivity contribution < 1.29 is 14.3 Å². The predicted molar refractivity (Wildman–Crippen MR) is 136 cm³/mol. The highest BCUT2D eigenvalue weighted by Gasteiger charge is 2.21. The number of nitrogens with one attached hydrogen (secondary N) is 2. The van der Waals surface area contributed by atoms with Crippen molar-refractivity contribution in [2.45, 2.75) is 13.3 Å². The van der Waals surface area contributed by atoms with Crippen molar-refractivity contribution in [1.82, 2.24) is 4.90 Å². The van der Waals surface area contributed by atoms with Gasteiger partial charge in [0, 0.05) is 43.2 Å². The number of ether oxygens (including phenoxy) is 1. The molecule has 3 amide bonds. The van der Waals surface area contributed by atoms with Crippen LogP contribution in [0.3, 0.4) is 0 Å². The molecule has 0 saturated carbocycles. The molecule has 1 aliphatic rings. The normalized spacial score (nSPS) is 13.4. The van der Waals surface area contributed by atoms with Gasteiger partial charge in [0.1, 0.15) is 5.75 Å². The number of rotatable bonds is 6. The largest absolute Gasteiger partial charge is 0.497 e. The lowest BCUT2D eigenvalue weighted by atomic mass is 10.1. The van der Waals surface area contributed by atoms with Crippen LogP contribution in [-0.4, -0.2) is 50.1 Å². The van der Waals surface area contributed by atoms with E-state index in [1.165, 1.54) is 0 Å². The Balaban J connectivity index is 1.25. The van der Waals surface area contributed by atoms with Crippen molar-refractivity contribution in [3.63, 3.8) is 0 Å². The quantitative estimate of drug-likeness (QED) is 0.569. The SMILES string of the molecule is COc1ccc(CC(=O)N2CCN(c3ccc(NC(=O)Nc4cccc(C)c4)cc3)CC2)cc1. The Morgan fingerprint density at radius 2 is 1.53 bits per heavy atom. The van der Waals surface area contributed by atoms with E-state index in [2.05, 4.69) is 15.5 Å². The molecule has 0 aromatic heterocycles. The molecule has 4 rings (SSSR count). The fourth-order valence-corrected chi connectivity index (χ4v) is 4.02. The Morgan fingerprint density at radius 1 is 0.853 bits per heavy atom. The molecule has 34 heavy (non-hydrogen) atoms. The van der Waals surface area contributed by atoms with E-state index in [9.17, 15) is 9.59 Å². The number of urea groups is 1. The van der Waals surface area contributed by atoms with Crippen molar-refractivity contribution >= 4 is 29.0 Å². The molecular formula is C27H30N4O3. The topological polar surface area (TPSA) is 73.9 Å². The van der Waals surface area contributed by atoms with Crippen molar-refractivity contribution in [1.29, 1.82) is 0 Å². The molecule has 1 heterocycles. The molecule has 0 unspecified atom stereocenters. The highest BCUT2D eigenvalue weighted by atomic mass is 16.5. The number of hydrogen-bond donors (Lipinski definition) is 2. The van der Waals surface area contributed by atoms with Crippen LogP contribution in [0, 0.1) is 6.92 Å². The third-order valence-corrected chi connectivity index (χ3v) is 5.91. The molecule has 0 radical (unpaired) electrons. The van der Waals surface area contributed by atoms with Crippen LogP contribution in [0.1, 0.15) is 11.1 Å². The highest BCUT2D eigenvalue weighted by Crippen LogP contribution is 2.21. The van der Waals surface area contributed by atoms with E-state index in [1.807, 2.05) is 84.6 Å². The van der Waals surface area contributed by atoms with Gasteiger partial charge in [-0.05, 0) is 66.6 Å². The maximum atomic E-state index is 12.7. The van der Waals surface area contributed by atoms with Crippen LogP contribution in [0.5, 0.6) is 5.75 Å². The van der Waals surface area contributed by atoms with Crippen LogP contribution in [0.25, 0.3) is 0 Å². The molecule has 1 fully saturated rings. The zero-order valence-electron chi connectivity index (χ0n) is 19.6. The molecule has 0 atom stereocenters. The first-order chi connectivity index (χ1) is 16.5. The monoisotopic (exact) mass is 458 g/mol. The summed E-state index contributed by atoms with van der Waals surface area (Å²) in [6, 6.07) is 22.8. The van der Waals surface area contributed by atoms with Gasteiger partial charge in [0.2, 0.25) is 5.91 Å². The van der Waals surface area contributed by atoms with Crippen LogP contribution in [0.2, 0.25) is 0 Å². The highest BCUT2D eigenvalue weighted by molar-refractivity contribution is 5.99. The first-order valence-electron chi connectivity index (χ1n) is 11.4. The summed E-state index contributed by atoms with van der Waals surface area (Å²) in [7, 11) is 1.63. The van der Waals surface area contributed by atoms with E-state index in [1.54, 1.807) is 7.11 Å². The molecule has 1 saturated heterocycles. The number of amides is 3. The van der Waals surface area contributed by atoms with Gasteiger partial charge in [-0.1, -0.05) is 24.3 Å². The molecular weight excluding hydrogens is 428 g/mol. The molecule has 7 heteroatoms. The van der Waals surface area contributed by atoms with Gasteiger partial charge in [0.05, 0.1) is 13.5 Å². The molecule has 0 bridgehead atoms. The van der Waals surface area contributed by atoms with E-state index in [4.69, 9.17) is 4.74 Å². The third-order valence-electron chi connectivity index (χ3n) is 5.91. The van der Waals surface area contributed by atoms with Crippen LogP contribution in [-0.2, 0) is 11.2 Å². The standard InChI is InChI=1S/C27H30N4O3/c1-20-4-3-5-23(18-20)29-27(33)28-22-8-10-24(11-9-22)30-14-16-31(17-15-30)26(32)19-21-6-12-25(34-2)13-7-21/h3-13,18H,14-17,19H2,1-2H3,(H2,28,29,33). The number of aryl methyl sites for hydroxylation is 1. The Hall–Kier alpha value is -4.00. The van der Waals surface area contributed by atoms with E-state index in [0.717, 1.165) is 47.0 Å². The Bertz CT molecular complexity index is 1120. The van der Waals surface area contributed by atoms with Crippen LogP contribution < -0.4 is 20.3 Å². The Kier molecular flexibility index (Phi) is 7.32. The van der Waals surface area contributed by atoms with Crippen LogP contribution >= 0.6 is 0 Å². The zero-order chi connectivity index (χ0) is 23.9. The van der Waals surface area contributed by atoms with Crippen molar-refractivity contribution in [3.8, 4) is 5.75 Å². The van der Waals surface area contributed by atoms with Gasteiger partial charge in [-0.15, -0.1) is 0 Å². The lowest BCUT2D eigenvalue weighted by molar-refractivity contribution is -0.130. The minimum Gasteiger partial charge on any atom is -0.497 e. The summed E-state index contributed by atoms with van der Waals surface area (Å²) in [5, 5.41) is 5.71. The van der Waals surface area contributed by atoms with Gasteiger partial charge in [-0.3, -0.25) is 4.79 Å². The summed E-state index contributed by atoms with van der Waals surface area (Å²) in [6.45, 7) is 4.91. The number of carbonyl (C=O) groups is 2. The second-order valence-electron chi connectivity index (χ2n) is 8.39. The number of anilines is 3. The number of nitrogens with zero attached hydrogens (tertiary/aromatic N) is 2. The average Bonchev–Trinajstić information content (AvgIpc) is 2.85. The lowest BCUT2D eigenvalue weighted by Gasteiger charge is -2.36. The second kappa shape index (κ2) is 10.7. The Morgan fingerprint density at radius 3 is 2.18 bits per heavy atom. The van der Waals surface area contributed by atoms with Gasteiger partial charge >= 0.3 is 6.03 Å². The fourth-order valence-electron chi connectivity index (χ4n) is 4.02. The zero-order valence-corrected chi connectivity index (χ0v) is 19.6. The lowest BCUT2D eigenvalue weighted by Crippen LogP contribution is -2.49.